The van der Waals surface area contributed by atoms with Gasteiger partial charge in [0, 0.05) is 12.6 Å². The fraction of sp³-hybridized carbons (Fsp3) is 0.786. The molecule has 138 valence electrons. The fourth-order valence-corrected chi connectivity index (χ4v) is 3.36. The van der Waals surface area contributed by atoms with E-state index in [9.17, 15) is 21.6 Å². The average molecular weight is 369 g/mol. The Kier molecular flexibility index (Phi) is 5.79. The van der Waals surface area contributed by atoms with Crippen LogP contribution in [0.15, 0.2) is 10.7 Å². The molecule has 1 aromatic rings. The number of hydrogen-bond donors (Lipinski definition) is 2. The van der Waals surface area contributed by atoms with Crippen molar-refractivity contribution in [3.8, 4) is 0 Å². The second kappa shape index (κ2) is 7.30. The van der Waals surface area contributed by atoms with Gasteiger partial charge in [-0.3, -0.25) is 0 Å². The second-order valence-corrected chi connectivity index (χ2v) is 8.66. The smallest absolute Gasteiger partial charge is 0.432 e. The van der Waals surface area contributed by atoms with Crippen LogP contribution < -0.4 is 10.0 Å². The first kappa shape index (κ1) is 19.0. The van der Waals surface area contributed by atoms with Gasteiger partial charge in [0.25, 0.3) is 6.01 Å². The Balaban J connectivity index is 1.78. The number of alkyl halides is 3. The molecule has 1 aliphatic carbocycles. The van der Waals surface area contributed by atoms with Crippen LogP contribution in [-0.2, 0) is 16.2 Å². The third kappa shape index (κ3) is 5.10. The first-order chi connectivity index (χ1) is 11.1. The summed E-state index contributed by atoms with van der Waals surface area (Å²) in [6.45, 7) is 3.63. The first-order valence-electron chi connectivity index (χ1n) is 7.85. The van der Waals surface area contributed by atoms with Crippen LogP contribution in [0.25, 0.3) is 0 Å². The lowest BCUT2D eigenvalue weighted by Gasteiger charge is -2.28. The van der Waals surface area contributed by atoms with E-state index in [0.717, 1.165) is 25.7 Å². The summed E-state index contributed by atoms with van der Waals surface area (Å²) in [5.41, 5.74) is -1.05. The van der Waals surface area contributed by atoms with Crippen LogP contribution in [0.2, 0.25) is 0 Å². The van der Waals surface area contributed by atoms with E-state index < -0.39 is 27.1 Å². The molecule has 0 bridgehead atoms. The minimum Gasteiger partial charge on any atom is -0.432 e. The van der Waals surface area contributed by atoms with Crippen molar-refractivity contribution in [1.82, 2.24) is 9.71 Å². The topological polar surface area (TPSA) is 84.2 Å². The number of rotatable bonds is 6. The first-order valence-corrected chi connectivity index (χ1v) is 9.40. The van der Waals surface area contributed by atoms with Crippen LogP contribution in [0, 0.1) is 5.92 Å². The summed E-state index contributed by atoms with van der Waals surface area (Å²) in [7, 11) is -3.27. The maximum atomic E-state index is 12.5. The van der Waals surface area contributed by atoms with Gasteiger partial charge in [-0.25, -0.2) is 13.1 Å². The van der Waals surface area contributed by atoms with E-state index >= 15 is 0 Å². The van der Waals surface area contributed by atoms with Gasteiger partial charge in [-0.1, -0.05) is 0 Å². The van der Waals surface area contributed by atoms with Crippen LogP contribution >= 0.6 is 0 Å². The summed E-state index contributed by atoms with van der Waals surface area (Å²) in [6, 6.07) is -0.158. The van der Waals surface area contributed by atoms with Crippen LogP contribution in [0.1, 0.15) is 45.2 Å². The summed E-state index contributed by atoms with van der Waals surface area (Å²) in [6.07, 6.45) is -0.921. The van der Waals surface area contributed by atoms with Gasteiger partial charge in [-0.2, -0.15) is 18.2 Å². The molecule has 0 aromatic carbocycles. The van der Waals surface area contributed by atoms with E-state index in [0.29, 0.717) is 12.8 Å². The maximum absolute atomic E-state index is 12.5. The summed E-state index contributed by atoms with van der Waals surface area (Å²) < 4.78 is 68.3. The van der Waals surface area contributed by atoms with Crippen molar-refractivity contribution in [2.75, 3.05) is 11.9 Å². The van der Waals surface area contributed by atoms with Crippen LogP contribution in [0.4, 0.5) is 19.2 Å². The molecule has 1 fully saturated rings. The number of nitrogens with one attached hydrogen (secondary N) is 2. The highest BCUT2D eigenvalue weighted by Crippen LogP contribution is 2.31. The van der Waals surface area contributed by atoms with Crippen molar-refractivity contribution in [3.05, 3.63) is 12.0 Å². The Morgan fingerprint density at radius 1 is 1.29 bits per heavy atom. The number of hydrogen-bond acceptors (Lipinski definition) is 5. The monoisotopic (exact) mass is 369 g/mol. The van der Waals surface area contributed by atoms with Crippen molar-refractivity contribution < 1.29 is 26.0 Å². The van der Waals surface area contributed by atoms with Crippen LogP contribution in [0.3, 0.4) is 0 Å². The minimum absolute atomic E-state index is 0.0253. The third-order valence-corrected chi connectivity index (χ3v) is 5.97. The summed E-state index contributed by atoms with van der Waals surface area (Å²) in [5, 5.41) is 2.40. The Labute approximate surface area is 139 Å². The maximum Gasteiger partial charge on any atom is 0.436 e. The molecule has 0 radical (unpaired) electrons. The van der Waals surface area contributed by atoms with Crippen molar-refractivity contribution >= 4 is 16.0 Å². The summed E-state index contributed by atoms with van der Waals surface area (Å²) in [5.74, 6) is 0.229. The zero-order valence-electron chi connectivity index (χ0n) is 13.6. The summed E-state index contributed by atoms with van der Waals surface area (Å²) >= 11 is 0. The molecule has 0 aliphatic heterocycles. The molecular formula is C14H22F3N3O3S. The van der Waals surface area contributed by atoms with Crippen molar-refractivity contribution in [1.29, 1.82) is 0 Å². The Morgan fingerprint density at radius 2 is 1.92 bits per heavy atom. The molecule has 2 N–H and O–H groups in total. The normalized spacial score (nSPS) is 22.8. The highest BCUT2D eigenvalue weighted by molar-refractivity contribution is 7.90. The number of halogens is 3. The van der Waals surface area contributed by atoms with E-state index in [-0.39, 0.29) is 18.0 Å². The van der Waals surface area contributed by atoms with Gasteiger partial charge in [0.2, 0.25) is 10.0 Å². The Hall–Kier alpha value is -1.29. The van der Waals surface area contributed by atoms with Gasteiger partial charge in [0.05, 0.1) is 5.25 Å². The van der Waals surface area contributed by atoms with Gasteiger partial charge < -0.3 is 9.73 Å². The Morgan fingerprint density at radius 3 is 2.42 bits per heavy atom. The molecule has 1 aliphatic rings. The molecule has 0 saturated heterocycles. The van der Waals surface area contributed by atoms with Gasteiger partial charge in [0.1, 0.15) is 6.26 Å². The number of sulfonamides is 1. The van der Waals surface area contributed by atoms with E-state index in [1.165, 1.54) is 0 Å². The van der Waals surface area contributed by atoms with E-state index in [1.807, 2.05) is 0 Å². The molecule has 1 aromatic heterocycles. The number of oxazole rings is 1. The third-order valence-electron chi connectivity index (χ3n) is 4.16. The number of nitrogens with zero attached hydrogens (tertiary/aromatic N) is 1. The highest BCUT2D eigenvalue weighted by atomic mass is 32.2. The zero-order valence-corrected chi connectivity index (χ0v) is 14.4. The molecule has 0 amide bonds. The fourth-order valence-electron chi connectivity index (χ4n) is 2.56. The molecule has 6 nitrogen and oxygen atoms in total. The molecule has 2 rings (SSSR count). The lowest BCUT2D eigenvalue weighted by Crippen LogP contribution is -2.37. The van der Waals surface area contributed by atoms with Gasteiger partial charge in [-0.05, 0) is 45.4 Å². The predicted octanol–water partition coefficient (Wildman–Crippen LogP) is 2.99. The van der Waals surface area contributed by atoms with Crippen molar-refractivity contribution in [2.24, 2.45) is 5.92 Å². The molecule has 10 heteroatoms. The van der Waals surface area contributed by atoms with Crippen molar-refractivity contribution in [2.45, 2.75) is 57.0 Å². The quantitative estimate of drug-likeness (QED) is 0.805. The standard InChI is InChI=1S/C14H22F3N3O3S/c1-9(2)24(21,22)18-7-10-3-5-11(6-4-10)19-13-20-12(8-23-13)14(15,16)17/h8-11,18H,3-7H2,1-2H3,(H,19,20)/t10-,11-. The number of anilines is 1. The van der Waals surface area contributed by atoms with Gasteiger partial charge >= 0.3 is 6.18 Å². The van der Waals surface area contributed by atoms with E-state index in [1.54, 1.807) is 13.8 Å². The molecule has 24 heavy (non-hydrogen) atoms. The largest absolute Gasteiger partial charge is 0.436 e. The lowest BCUT2D eigenvalue weighted by molar-refractivity contribution is -0.141. The molecule has 0 spiro atoms. The molecular weight excluding hydrogens is 347 g/mol. The minimum atomic E-state index is -4.52. The lowest BCUT2D eigenvalue weighted by atomic mass is 9.86. The molecule has 1 saturated carbocycles. The molecule has 1 heterocycles. The van der Waals surface area contributed by atoms with E-state index in [2.05, 4.69) is 15.0 Å². The number of aromatic nitrogens is 1. The van der Waals surface area contributed by atoms with Gasteiger partial charge in [0.15, 0.2) is 5.69 Å². The predicted molar refractivity (Wildman–Crippen MR) is 82.9 cm³/mol. The summed E-state index contributed by atoms with van der Waals surface area (Å²) in [4.78, 5) is 3.39. The van der Waals surface area contributed by atoms with E-state index in [4.69, 9.17) is 4.42 Å². The molecule has 0 unspecified atom stereocenters. The van der Waals surface area contributed by atoms with Crippen LogP contribution in [0.5, 0.6) is 0 Å². The molecule has 0 atom stereocenters. The average Bonchev–Trinajstić information content (AvgIpc) is 2.95. The Bertz CT molecular complexity index is 635. The van der Waals surface area contributed by atoms with Crippen LogP contribution in [-0.4, -0.2) is 31.2 Å². The van der Waals surface area contributed by atoms with Gasteiger partial charge in [-0.15, -0.1) is 0 Å². The second-order valence-electron chi connectivity index (χ2n) is 6.34. The zero-order chi connectivity index (χ0) is 18.0. The van der Waals surface area contributed by atoms with Crippen molar-refractivity contribution in [3.63, 3.8) is 0 Å². The SMILES string of the molecule is CC(C)S(=O)(=O)NC[C@H]1CC[C@H](Nc2nc(C(F)(F)F)co2)CC1. The highest BCUT2D eigenvalue weighted by Gasteiger charge is 2.35.